The summed E-state index contributed by atoms with van der Waals surface area (Å²) in [6, 6.07) is 7.96. The van der Waals surface area contributed by atoms with E-state index in [1.807, 2.05) is 24.3 Å². The quantitative estimate of drug-likeness (QED) is 0.815. The standard InChI is InChI=1S/C13H18N2O3/c1-14-13(16)9-18-11-4-2-10(3-5-11)12-8-17-7-6-15-12/h2-5,12,15H,6-9H2,1H3,(H,14,16). The van der Waals surface area contributed by atoms with Gasteiger partial charge in [0, 0.05) is 13.6 Å². The maximum absolute atomic E-state index is 11.0. The molecular weight excluding hydrogens is 232 g/mol. The second kappa shape index (κ2) is 6.37. The Morgan fingerprint density at radius 2 is 2.28 bits per heavy atom. The number of hydrogen-bond donors (Lipinski definition) is 2. The molecule has 98 valence electrons. The van der Waals surface area contributed by atoms with Crippen LogP contribution in [0.4, 0.5) is 0 Å². The number of likely N-dealkylation sites (N-methyl/N-ethyl adjacent to an activating group) is 1. The molecule has 1 heterocycles. The van der Waals surface area contributed by atoms with Crippen LogP contribution in [0.2, 0.25) is 0 Å². The Labute approximate surface area is 106 Å². The molecule has 1 atom stereocenters. The van der Waals surface area contributed by atoms with E-state index in [9.17, 15) is 4.79 Å². The number of morpholine rings is 1. The number of ether oxygens (including phenoxy) is 2. The van der Waals surface area contributed by atoms with Gasteiger partial charge in [-0.3, -0.25) is 4.79 Å². The van der Waals surface area contributed by atoms with Crippen LogP contribution < -0.4 is 15.4 Å². The number of amides is 1. The van der Waals surface area contributed by atoms with Gasteiger partial charge in [-0.25, -0.2) is 0 Å². The van der Waals surface area contributed by atoms with E-state index in [4.69, 9.17) is 9.47 Å². The number of benzene rings is 1. The van der Waals surface area contributed by atoms with Crippen molar-refractivity contribution in [3.63, 3.8) is 0 Å². The Kier molecular flexibility index (Phi) is 4.55. The first-order valence-corrected chi connectivity index (χ1v) is 6.04. The lowest BCUT2D eigenvalue weighted by Gasteiger charge is -2.24. The van der Waals surface area contributed by atoms with E-state index in [2.05, 4.69) is 10.6 Å². The van der Waals surface area contributed by atoms with Crippen LogP contribution in [0.25, 0.3) is 0 Å². The van der Waals surface area contributed by atoms with Crippen LogP contribution in [-0.4, -0.2) is 39.3 Å². The minimum atomic E-state index is -0.138. The molecule has 1 saturated heterocycles. The van der Waals surface area contributed by atoms with Crippen molar-refractivity contribution in [2.24, 2.45) is 0 Å². The van der Waals surface area contributed by atoms with E-state index in [0.29, 0.717) is 12.4 Å². The van der Waals surface area contributed by atoms with E-state index in [0.717, 1.165) is 13.2 Å². The predicted molar refractivity (Wildman–Crippen MR) is 67.6 cm³/mol. The van der Waals surface area contributed by atoms with Crippen LogP contribution >= 0.6 is 0 Å². The Morgan fingerprint density at radius 1 is 1.50 bits per heavy atom. The smallest absolute Gasteiger partial charge is 0.257 e. The summed E-state index contributed by atoms with van der Waals surface area (Å²) in [5, 5.41) is 5.89. The molecule has 0 saturated carbocycles. The highest BCUT2D eigenvalue weighted by Crippen LogP contribution is 2.19. The van der Waals surface area contributed by atoms with Gasteiger partial charge in [0.15, 0.2) is 6.61 Å². The normalized spacial score (nSPS) is 19.3. The van der Waals surface area contributed by atoms with Crippen molar-refractivity contribution in [2.45, 2.75) is 6.04 Å². The first-order valence-electron chi connectivity index (χ1n) is 6.04. The number of hydrogen-bond acceptors (Lipinski definition) is 4. The molecule has 5 nitrogen and oxygen atoms in total. The van der Waals surface area contributed by atoms with Crippen molar-refractivity contribution in [1.82, 2.24) is 10.6 Å². The third-order valence-electron chi connectivity index (χ3n) is 2.85. The van der Waals surface area contributed by atoms with Crippen LogP contribution in [-0.2, 0) is 9.53 Å². The number of rotatable bonds is 4. The summed E-state index contributed by atoms with van der Waals surface area (Å²) in [6.45, 7) is 2.38. The first-order chi connectivity index (χ1) is 8.79. The third kappa shape index (κ3) is 3.45. The zero-order chi connectivity index (χ0) is 12.8. The SMILES string of the molecule is CNC(=O)COc1ccc(C2COCCN2)cc1. The van der Waals surface area contributed by atoms with Crippen molar-refractivity contribution in [3.05, 3.63) is 29.8 Å². The van der Waals surface area contributed by atoms with Crippen LogP contribution in [0, 0.1) is 0 Å². The van der Waals surface area contributed by atoms with Gasteiger partial charge in [-0.05, 0) is 17.7 Å². The van der Waals surface area contributed by atoms with Gasteiger partial charge in [0.25, 0.3) is 5.91 Å². The molecule has 0 radical (unpaired) electrons. The number of nitrogens with one attached hydrogen (secondary N) is 2. The largest absolute Gasteiger partial charge is 0.484 e. The molecule has 1 fully saturated rings. The molecule has 0 aliphatic carbocycles. The van der Waals surface area contributed by atoms with Gasteiger partial charge in [0.1, 0.15) is 5.75 Å². The van der Waals surface area contributed by atoms with E-state index < -0.39 is 0 Å². The van der Waals surface area contributed by atoms with Crippen LogP contribution in [0.1, 0.15) is 11.6 Å². The second-order valence-corrected chi connectivity index (χ2v) is 4.11. The van der Waals surface area contributed by atoms with Crippen LogP contribution in [0.3, 0.4) is 0 Å². The fourth-order valence-electron chi connectivity index (χ4n) is 1.80. The lowest BCUT2D eigenvalue weighted by Crippen LogP contribution is -2.34. The summed E-state index contributed by atoms with van der Waals surface area (Å²) in [5.74, 6) is 0.556. The number of carbonyl (C=O) groups is 1. The molecule has 18 heavy (non-hydrogen) atoms. The zero-order valence-electron chi connectivity index (χ0n) is 10.4. The van der Waals surface area contributed by atoms with Crippen LogP contribution in [0.15, 0.2) is 24.3 Å². The average molecular weight is 250 g/mol. The van der Waals surface area contributed by atoms with Crippen molar-refractivity contribution < 1.29 is 14.3 Å². The summed E-state index contributed by atoms with van der Waals surface area (Å²) in [4.78, 5) is 11.0. The first kappa shape index (κ1) is 12.9. The molecule has 0 bridgehead atoms. The molecule has 0 aromatic heterocycles. The molecule has 1 aromatic carbocycles. The molecule has 1 aliphatic rings. The average Bonchev–Trinajstić information content (AvgIpc) is 2.46. The summed E-state index contributed by atoms with van der Waals surface area (Å²) in [6.07, 6.45) is 0. The number of carbonyl (C=O) groups excluding carboxylic acids is 1. The molecule has 1 aromatic rings. The molecular formula is C13H18N2O3. The highest BCUT2D eigenvalue weighted by atomic mass is 16.5. The molecule has 5 heteroatoms. The van der Waals surface area contributed by atoms with Gasteiger partial charge in [-0.15, -0.1) is 0 Å². The Bertz CT molecular complexity index is 386. The summed E-state index contributed by atoms with van der Waals surface area (Å²) in [7, 11) is 1.59. The molecule has 1 aliphatic heterocycles. The van der Waals surface area contributed by atoms with Gasteiger partial charge in [-0.1, -0.05) is 12.1 Å². The summed E-state index contributed by atoms with van der Waals surface area (Å²) < 4.78 is 10.8. The Hall–Kier alpha value is -1.59. The monoisotopic (exact) mass is 250 g/mol. The van der Waals surface area contributed by atoms with Gasteiger partial charge >= 0.3 is 0 Å². The minimum Gasteiger partial charge on any atom is -0.484 e. The maximum Gasteiger partial charge on any atom is 0.257 e. The molecule has 2 rings (SSSR count). The second-order valence-electron chi connectivity index (χ2n) is 4.11. The van der Waals surface area contributed by atoms with Crippen molar-refractivity contribution in [3.8, 4) is 5.75 Å². The van der Waals surface area contributed by atoms with E-state index in [1.54, 1.807) is 7.05 Å². The molecule has 1 unspecified atom stereocenters. The van der Waals surface area contributed by atoms with Crippen molar-refractivity contribution in [2.75, 3.05) is 33.4 Å². The highest BCUT2D eigenvalue weighted by Gasteiger charge is 2.14. The lowest BCUT2D eigenvalue weighted by atomic mass is 10.1. The minimum absolute atomic E-state index is 0.0423. The van der Waals surface area contributed by atoms with Gasteiger partial charge < -0.3 is 20.1 Å². The Morgan fingerprint density at radius 3 is 2.89 bits per heavy atom. The van der Waals surface area contributed by atoms with Gasteiger partial charge in [-0.2, -0.15) is 0 Å². The molecule has 0 spiro atoms. The van der Waals surface area contributed by atoms with Gasteiger partial charge in [0.2, 0.25) is 0 Å². The van der Waals surface area contributed by atoms with Crippen LogP contribution in [0.5, 0.6) is 5.75 Å². The summed E-state index contributed by atoms with van der Waals surface area (Å²) >= 11 is 0. The molecule has 2 N–H and O–H groups in total. The highest BCUT2D eigenvalue weighted by molar-refractivity contribution is 5.77. The van der Waals surface area contributed by atoms with Gasteiger partial charge in [0.05, 0.1) is 19.3 Å². The lowest BCUT2D eigenvalue weighted by molar-refractivity contribution is -0.122. The molecule has 1 amide bonds. The van der Waals surface area contributed by atoms with Crippen molar-refractivity contribution >= 4 is 5.91 Å². The maximum atomic E-state index is 11.0. The van der Waals surface area contributed by atoms with Crippen molar-refractivity contribution in [1.29, 1.82) is 0 Å². The summed E-state index contributed by atoms with van der Waals surface area (Å²) in [5.41, 5.74) is 1.17. The fraction of sp³-hybridized carbons (Fsp3) is 0.462. The van der Waals surface area contributed by atoms with E-state index in [-0.39, 0.29) is 18.6 Å². The third-order valence-corrected chi connectivity index (χ3v) is 2.85. The predicted octanol–water partition coefficient (Wildman–Crippen LogP) is 0.472. The topological polar surface area (TPSA) is 59.6 Å². The Balaban J connectivity index is 1.90. The zero-order valence-corrected chi connectivity index (χ0v) is 10.4. The van der Waals surface area contributed by atoms with E-state index >= 15 is 0 Å². The fourth-order valence-corrected chi connectivity index (χ4v) is 1.80. The van der Waals surface area contributed by atoms with E-state index in [1.165, 1.54) is 5.56 Å².